The second-order valence-corrected chi connectivity index (χ2v) is 6.62. The Balaban J connectivity index is 2.28. The van der Waals surface area contributed by atoms with E-state index in [-0.39, 0.29) is 5.56 Å². The molecule has 8 nitrogen and oxygen atoms in total. The molecule has 2 aromatic carbocycles. The SMILES string of the molecule is CO[C@H](/C=C/C(=O)NO)[C@H](OC(=O)Nc1ccc(Br)cc1)c1ccc(O)c(F)c1. The molecule has 29 heavy (non-hydrogen) atoms. The van der Waals surface area contributed by atoms with Crippen molar-refractivity contribution in [1.29, 1.82) is 0 Å². The van der Waals surface area contributed by atoms with Gasteiger partial charge in [-0.2, -0.15) is 0 Å². The van der Waals surface area contributed by atoms with Crippen LogP contribution in [0.1, 0.15) is 11.7 Å². The van der Waals surface area contributed by atoms with Gasteiger partial charge in [-0.3, -0.25) is 15.3 Å². The highest BCUT2D eigenvalue weighted by molar-refractivity contribution is 9.10. The Bertz CT molecular complexity index is 891. The number of rotatable bonds is 7. The first-order valence-electron chi connectivity index (χ1n) is 8.20. The summed E-state index contributed by atoms with van der Waals surface area (Å²) in [6, 6.07) is 10.2. The molecule has 2 amide bonds. The van der Waals surface area contributed by atoms with Gasteiger partial charge in [-0.15, -0.1) is 0 Å². The molecule has 154 valence electrons. The van der Waals surface area contributed by atoms with E-state index in [4.69, 9.17) is 14.7 Å². The number of phenolic OH excluding ortho intramolecular Hbond substituents is 1. The van der Waals surface area contributed by atoms with Gasteiger partial charge >= 0.3 is 6.09 Å². The number of phenols is 1. The fraction of sp³-hybridized carbons (Fsp3) is 0.158. The van der Waals surface area contributed by atoms with Gasteiger partial charge in [-0.25, -0.2) is 14.7 Å². The molecule has 0 radical (unpaired) electrons. The number of carbonyl (C=O) groups is 2. The Labute approximate surface area is 174 Å². The predicted octanol–water partition coefficient (Wildman–Crippen LogP) is 3.66. The number of aromatic hydroxyl groups is 1. The Kier molecular flexibility index (Phi) is 8.13. The minimum atomic E-state index is -1.17. The zero-order valence-corrected chi connectivity index (χ0v) is 16.7. The fourth-order valence-electron chi connectivity index (χ4n) is 2.34. The maximum Gasteiger partial charge on any atom is 0.412 e. The lowest BCUT2D eigenvalue weighted by Gasteiger charge is -2.24. The number of hydrogen-bond donors (Lipinski definition) is 4. The molecule has 0 saturated heterocycles. The first-order chi connectivity index (χ1) is 13.8. The number of hydroxylamine groups is 1. The monoisotopic (exact) mass is 468 g/mol. The number of anilines is 1. The van der Waals surface area contributed by atoms with E-state index in [9.17, 15) is 19.1 Å². The average molecular weight is 469 g/mol. The van der Waals surface area contributed by atoms with Crippen LogP contribution in [0, 0.1) is 5.82 Å². The van der Waals surface area contributed by atoms with E-state index in [0.29, 0.717) is 5.69 Å². The lowest BCUT2D eigenvalue weighted by Crippen LogP contribution is -2.27. The molecule has 0 fully saturated rings. The second kappa shape index (κ2) is 10.6. The van der Waals surface area contributed by atoms with E-state index in [2.05, 4.69) is 21.2 Å². The van der Waals surface area contributed by atoms with Crippen molar-refractivity contribution in [3.8, 4) is 5.75 Å². The van der Waals surface area contributed by atoms with Crippen molar-refractivity contribution in [2.24, 2.45) is 0 Å². The van der Waals surface area contributed by atoms with Gasteiger partial charge in [0.05, 0.1) is 0 Å². The van der Waals surface area contributed by atoms with Crippen molar-refractivity contribution in [1.82, 2.24) is 5.48 Å². The van der Waals surface area contributed by atoms with Crippen LogP contribution in [0.15, 0.2) is 59.1 Å². The number of halogens is 2. The highest BCUT2D eigenvalue weighted by Gasteiger charge is 2.27. The first kappa shape index (κ1) is 22.3. The van der Waals surface area contributed by atoms with Crippen LogP contribution in [0.2, 0.25) is 0 Å². The smallest absolute Gasteiger partial charge is 0.412 e. The standard InChI is InChI=1S/C19H18BrFN2O6/c1-28-16(8-9-17(25)23-27)18(11-2-7-15(24)14(21)10-11)29-19(26)22-13-5-3-12(20)4-6-13/h2-10,16,18,24,27H,1H3,(H,22,26)(H,23,25)/b9-8+/t16-,18-/m1/s1. The maximum atomic E-state index is 13.8. The van der Waals surface area contributed by atoms with Crippen molar-refractivity contribution >= 4 is 33.6 Å². The van der Waals surface area contributed by atoms with Crippen LogP contribution in [0.3, 0.4) is 0 Å². The van der Waals surface area contributed by atoms with Crippen LogP contribution in [0.4, 0.5) is 14.9 Å². The van der Waals surface area contributed by atoms with Crippen LogP contribution >= 0.6 is 15.9 Å². The minimum absolute atomic E-state index is 0.173. The van der Waals surface area contributed by atoms with E-state index in [1.165, 1.54) is 24.7 Å². The summed E-state index contributed by atoms with van der Waals surface area (Å²) >= 11 is 3.28. The Morgan fingerprint density at radius 1 is 1.21 bits per heavy atom. The van der Waals surface area contributed by atoms with Gasteiger partial charge in [0.1, 0.15) is 6.10 Å². The Morgan fingerprint density at radius 3 is 2.48 bits per heavy atom. The molecule has 2 aromatic rings. The third-order valence-corrected chi connectivity index (χ3v) is 4.27. The molecule has 4 N–H and O–H groups in total. The fourth-order valence-corrected chi connectivity index (χ4v) is 2.61. The van der Waals surface area contributed by atoms with Gasteiger partial charge in [0.15, 0.2) is 17.7 Å². The van der Waals surface area contributed by atoms with Crippen molar-refractivity contribution < 1.29 is 33.8 Å². The predicted molar refractivity (Wildman–Crippen MR) is 105 cm³/mol. The topological polar surface area (TPSA) is 117 Å². The molecule has 0 spiro atoms. The summed E-state index contributed by atoms with van der Waals surface area (Å²) < 4.78 is 25.3. The van der Waals surface area contributed by atoms with Crippen LogP contribution in [0.25, 0.3) is 0 Å². The molecule has 10 heteroatoms. The second-order valence-electron chi connectivity index (χ2n) is 5.70. The number of ether oxygens (including phenoxy) is 2. The molecule has 0 unspecified atom stereocenters. The van der Waals surface area contributed by atoms with E-state index in [0.717, 1.165) is 22.7 Å². The third-order valence-electron chi connectivity index (χ3n) is 3.74. The van der Waals surface area contributed by atoms with E-state index in [1.807, 2.05) is 0 Å². The van der Waals surface area contributed by atoms with Crippen LogP contribution < -0.4 is 10.8 Å². The van der Waals surface area contributed by atoms with Gasteiger partial charge in [0.25, 0.3) is 5.91 Å². The molecule has 0 saturated carbocycles. The number of carbonyl (C=O) groups excluding carboxylic acids is 2. The molecule has 0 aliphatic rings. The van der Waals surface area contributed by atoms with Crippen LogP contribution in [0.5, 0.6) is 5.75 Å². The van der Waals surface area contributed by atoms with Gasteiger partial charge in [-0.05, 0) is 48.0 Å². The quantitative estimate of drug-likeness (QED) is 0.280. The minimum Gasteiger partial charge on any atom is -0.505 e. The molecule has 0 bridgehead atoms. The molecular formula is C19H18BrFN2O6. The summed E-state index contributed by atoms with van der Waals surface area (Å²) in [6.45, 7) is 0. The van der Waals surface area contributed by atoms with Crippen molar-refractivity contribution in [3.63, 3.8) is 0 Å². The third kappa shape index (κ3) is 6.56. The molecule has 0 aliphatic heterocycles. The largest absolute Gasteiger partial charge is 0.505 e. The van der Waals surface area contributed by atoms with Gasteiger partial charge < -0.3 is 14.6 Å². The van der Waals surface area contributed by atoms with E-state index < -0.39 is 35.8 Å². The molecule has 0 aliphatic carbocycles. The lowest BCUT2D eigenvalue weighted by molar-refractivity contribution is -0.124. The highest BCUT2D eigenvalue weighted by Crippen LogP contribution is 2.28. The molecule has 0 heterocycles. The Morgan fingerprint density at radius 2 is 1.90 bits per heavy atom. The summed E-state index contributed by atoms with van der Waals surface area (Å²) in [5, 5.41) is 20.5. The van der Waals surface area contributed by atoms with Crippen molar-refractivity contribution in [2.75, 3.05) is 12.4 Å². The number of methoxy groups -OCH3 is 1. The van der Waals surface area contributed by atoms with Gasteiger partial charge in [0.2, 0.25) is 0 Å². The van der Waals surface area contributed by atoms with E-state index >= 15 is 0 Å². The number of amides is 2. The van der Waals surface area contributed by atoms with Gasteiger partial charge in [0, 0.05) is 23.3 Å². The zero-order valence-electron chi connectivity index (χ0n) is 15.1. The molecular weight excluding hydrogens is 451 g/mol. The van der Waals surface area contributed by atoms with Crippen LogP contribution in [-0.4, -0.2) is 35.5 Å². The van der Waals surface area contributed by atoms with Gasteiger partial charge in [-0.1, -0.05) is 22.0 Å². The normalized spacial score (nSPS) is 13.0. The lowest BCUT2D eigenvalue weighted by atomic mass is 10.0. The summed E-state index contributed by atoms with van der Waals surface area (Å²) in [7, 11) is 1.30. The summed E-state index contributed by atoms with van der Waals surface area (Å²) in [5.74, 6) is -2.32. The Hall–Kier alpha value is -2.95. The molecule has 2 atom stereocenters. The average Bonchev–Trinajstić information content (AvgIpc) is 2.71. The maximum absolute atomic E-state index is 13.8. The van der Waals surface area contributed by atoms with Crippen molar-refractivity contribution in [3.05, 3.63) is 70.5 Å². The highest BCUT2D eigenvalue weighted by atomic mass is 79.9. The summed E-state index contributed by atoms with van der Waals surface area (Å²) in [4.78, 5) is 23.6. The van der Waals surface area contributed by atoms with E-state index in [1.54, 1.807) is 24.3 Å². The number of nitrogens with one attached hydrogen (secondary N) is 2. The zero-order chi connectivity index (χ0) is 21.4. The van der Waals surface area contributed by atoms with Crippen molar-refractivity contribution in [2.45, 2.75) is 12.2 Å². The molecule has 0 aromatic heterocycles. The number of hydrogen-bond acceptors (Lipinski definition) is 6. The summed E-state index contributed by atoms with van der Waals surface area (Å²) in [5.41, 5.74) is 2.05. The molecule has 2 rings (SSSR count). The van der Waals surface area contributed by atoms with Crippen LogP contribution in [-0.2, 0) is 14.3 Å². The first-order valence-corrected chi connectivity index (χ1v) is 9.00. The summed E-state index contributed by atoms with van der Waals surface area (Å²) in [6.07, 6.45) is -0.838. The number of benzene rings is 2.